The molecule has 0 spiro atoms. The first-order valence-corrected chi connectivity index (χ1v) is 7.92. The summed E-state index contributed by atoms with van der Waals surface area (Å²) in [5, 5.41) is 3.21. The predicted octanol–water partition coefficient (Wildman–Crippen LogP) is -1.66. The molecule has 1 aromatic rings. The van der Waals surface area contributed by atoms with Crippen LogP contribution >= 0.6 is 0 Å². The van der Waals surface area contributed by atoms with Crippen molar-refractivity contribution < 1.29 is 73.8 Å². The van der Waals surface area contributed by atoms with Gasteiger partial charge in [0.25, 0.3) is 0 Å². The zero-order valence-corrected chi connectivity index (χ0v) is 16.4. The van der Waals surface area contributed by atoms with Crippen LogP contribution in [0.25, 0.3) is 0 Å². The summed E-state index contributed by atoms with van der Waals surface area (Å²) in [6, 6.07) is 5.43. The first-order valence-electron chi connectivity index (χ1n) is 6.51. The average Bonchev–Trinajstić information content (AvgIpc) is 2.41. The van der Waals surface area contributed by atoms with E-state index in [4.69, 9.17) is 9.47 Å². The molecular formula is C13H20KNO5S. The summed E-state index contributed by atoms with van der Waals surface area (Å²) in [5.74, 6) is 0.292. The van der Waals surface area contributed by atoms with Gasteiger partial charge in [0, 0.05) is 6.54 Å². The Bertz CT molecular complexity index is 495. The van der Waals surface area contributed by atoms with Crippen molar-refractivity contribution in [1.29, 1.82) is 0 Å². The van der Waals surface area contributed by atoms with Gasteiger partial charge in [-0.15, -0.1) is 0 Å². The number of benzene rings is 1. The van der Waals surface area contributed by atoms with Gasteiger partial charge < -0.3 is 19.3 Å². The van der Waals surface area contributed by atoms with Crippen LogP contribution in [0.2, 0.25) is 0 Å². The summed E-state index contributed by atoms with van der Waals surface area (Å²) in [7, 11) is -4.45. The van der Waals surface area contributed by atoms with Gasteiger partial charge in [0.1, 0.15) is 15.9 Å². The Morgan fingerprint density at radius 2 is 2.05 bits per heavy atom. The quantitative estimate of drug-likeness (QED) is 0.237. The molecule has 0 fully saturated rings. The minimum absolute atomic E-state index is 0. The zero-order valence-electron chi connectivity index (χ0n) is 12.5. The maximum atomic E-state index is 10.8. The average molecular weight is 341 g/mol. The van der Waals surface area contributed by atoms with Crippen LogP contribution in [0.1, 0.15) is 19.8 Å². The molecule has 1 aromatic carbocycles. The van der Waals surface area contributed by atoms with Gasteiger partial charge in [-0.05, 0) is 31.2 Å². The van der Waals surface area contributed by atoms with Crippen molar-refractivity contribution >= 4 is 10.1 Å². The zero-order chi connectivity index (χ0) is 14.8. The molecule has 1 N–H and O–H groups in total. The summed E-state index contributed by atoms with van der Waals surface area (Å²) in [5.41, 5.74) is 0. The first-order chi connectivity index (χ1) is 9.54. The van der Waals surface area contributed by atoms with E-state index < -0.39 is 10.1 Å². The standard InChI is InChI=1S/C13H21NO5S.K/c1-2-3-7-14-8-9-18-11-19-12-5-4-6-13(10-12)20(15,16)17;/h4-6,10,14H,2-3,7-9,11H2,1H3,(H,15,16,17);/q;+1/p-1. The van der Waals surface area contributed by atoms with Crippen LogP contribution in [0, 0.1) is 0 Å². The molecule has 1 rings (SSSR count). The van der Waals surface area contributed by atoms with E-state index in [0.29, 0.717) is 12.4 Å². The molecule has 21 heavy (non-hydrogen) atoms. The number of rotatable bonds is 10. The summed E-state index contributed by atoms with van der Waals surface area (Å²) in [6.45, 7) is 4.34. The molecule has 0 unspecified atom stereocenters. The topological polar surface area (TPSA) is 87.7 Å². The molecule has 0 aliphatic rings. The Balaban J connectivity index is 0.00000400. The second-order valence-corrected chi connectivity index (χ2v) is 5.58. The van der Waals surface area contributed by atoms with Crippen molar-refractivity contribution in [2.24, 2.45) is 0 Å². The fraction of sp³-hybridized carbons (Fsp3) is 0.538. The van der Waals surface area contributed by atoms with E-state index >= 15 is 0 Å². The molecule has 0 bridgehead atoms. The number of unbranched alkanes of at least 4 members (excludes halogenated alkanes) is 1. The maximum absolute atomic E-state index is 10.8. The third-order valence-corrected chi connectivity index (χ3v) is 3.36. The Morgan fingerprint density at radius 1 is 1.29 bits per heavy atom. The third-order valence-electron chi connectivity index (χ3n) is 2.53. The fourth-order valence-electron chi connectivity index (χ4n) is 1.46. The first kappa shape index (κ1) is 21.5. The van der Waals surface area contributed by atoms with E-state index in [1.54, 1.807) is 6.07 Å². The fourth-order valence-corrected chi connectivity index (χ4v) is 1.96. The molecule has 6 nitrogen and oxygen atoms in total. The van der Waals surface area contributed by atoms with Crippen molar-refractivity contribution in [1.82, 2.24) is 5.32 Å². The normalized spacial score (nSPS) is 11.0. The van der Waals surface area contributed by atoms with Gasteiger partial charge in [-0.1, -0.05) is 19.4 Å². The molecule has 0 amide bonds. The van der Waals surface area contributed by atoms with Gasteiger partial charge in [-0.3, -0.25) is 0 Å². The van der Waals surface area contributed by atoms with E-state index in [2.05, 4.69) is 12.2 Å². The van der Waals surface area contributed by atoms with Gasteiger partial charge in [-0.2, -0.15) is 0 Å². The second kappa shape index (κ2) is 12.0. The van der Waals surface area contributed by atoms with E-state index in [-0.39, 0.29) is 63.1 Å². The Kier molecular flexibility index (Phi) is 12.3. The van der Waals surface area contributed by atoms with Crippen LogP contribution in [-0.2, 0) is 14.9 Å². The van der Waals surface area contributed by atoms with E-state index in [1.807, 2.05) is 0 Å². The summed E-state index contributed by atoms with van der Waals surface area (Å²) in [4.78, 5) is -0.309. The Labute approximate surface area is 168 Å². The monoisotopic (exact) mass is 341 g/mol. The Morgan fingerprint density at radius 3 is 2.71 bits per heavy atom. The van der Waals surface area contributed by atoms with E-state index in [9.17, 15) is 13.0 Å². The van der Waals surface area contributed by atoms with Gasteiger partial charge in [-0.25, -0.2) is 8.42 Å². The molecule has 0 saturated heterocycles. The van der Waals surface area contributed by atoms with E-state index in [0.717, 1.165) is 25.9 Å². The van der Waals surface area contributed by atoms with Crippen molar-refractivity contribution in [3.63, 3.8) is 0 Å². The summed E-state index contributed by atoms with van der Waals surface area (Å²) in [6.07, 6.45) is 2.28. The number of hydrogen-bond donors (Lipinski definition) is 1. The molecular weight excluding hydrogens is 321 g/mol. The van der Waals surface area contributed by atoms with Gasteiger partial charge in [0.05, 0.1) is 11.5 Å². The third kappa shape index (κ3) is 9.98. The largest absolute Gasteiger partial charge is 1.00 e. The number of hydrogen-bond acceptors (Lipinski definition) is 6. The molecule has 0 aromatic heterocycles. The Hall–Kier alpha value is 0.486. The van der Waals surface area contributed by atoms with Gasteiger partial charge in [0.15, 0.2) is 6.79 Å². The minimum atomic E-state index is -4.45. The number of nitrogens with one attached hydrogen (secondary N) is 1. The molecule has 0 heterocycles. The maximum Gasteiger partial charge on any atom is 1.00 e. The van der Waals surface area contributed by atoms with Crippen molar-refractivity contribution in [3.8, 4) is 5.75 Å². The van der Waals surface area contributed by atoms with E-state index in [1.165, 1.54) is 18.2 Å². The van der Waals surface area contributed by atoms with Crippen molar-refractivity contribution in [3.05, 3.63) is 24.3 Å². The predicted molar refractivity (Wildman–Crippen MR) is 73.6 cm³/mol. The minimum Gasteiger partial charge on any atom is -0.744 e. The molecule has 0 atom stereocenters. The van der Waals surface area contributed by atoms with Crippen LogP contribution in [0.4, 0.5) is 0 Å². The number of ether oxygens (including phenoxy) is 2. The summed E-state index contributed by atoms with van der Waals surface area (Å²) >= 11 is 0. The van der Waals surface area contributed by atoms with Gasteiger partial charge in [0.2, 0.25) is 0 Å². The smallest absolute Gasteiger partial charge is 0.744 e. The molecule has 0 aliphatic carbocycles. The SMILES string of the molecule is CCCCNCCOCOc1cccc(S(=O)(=O)[O-])c1.[K+]. The molecule has 114 valence electrons. The van der Waals surface area contributed by atoms with Crippen LogP contribution in [0.15, 0.2) is 29.2 Å². The molecule has 0 saturated carbocycles. The van der Waals surface area contributed by atoms with Crippen molar-refractivity contribution in [2.75, 3.05) is 26.5 Å². The molecule has 0 aliphatic heterocycles. The second-order valence-electron chi connectivity index (χ2n) is 4.20. The molecule has 8 heteroatoms. The van der Waals surface area contributed by atoms with Crippen LogP contribution in [0.3, 0.4) is 0 Å². The molecule has 0 radical (unpaired) electrons. The van der Waals surface area contributed by atoms with Crippen LogP contribution in [0.5, 0.6) is 5.75 Å². The summed E-state index contributed by atoms with van der Waals surface area (Å²) < 4.78 is 43.0. The van der Waals surface area contributed by atoms with Gasteiger partial charge >= 0.3 is 51.4 Å². The van der Waals surface area contributed by atoms with Crippen LogP contribution < -0.4 is 61.4 Å². The van der Waals surface area contributed by atoms with Crippen LogP contribution in [-0.4, -0.2) is 39.5 Å². The van der Waals surface area contributed by atoms with Crippen molar-refractivity contribution in [2.45, 2.75) is 24.7 Å².